The van der Waals surface area contributed by atoms with Gasteiger partial charge in [0, 0.05) is 23.0 Å². The lowest BCUT2D eigenvalue weighted by Gasteiger charge is -2.23. The maximum atomic E-state index is 12.5. The van der Waals surface area contributed by atoms with Crippen molar-refractivity contribution in [2.24, 2.45) is 0 Å². The van der Waals surface area contributed by atoms with E-state index in [-0.39, 0.29) is 12.0 Å². The van der Waals surface area contributed by atoms with E-state index >= 15 is 0 Å². The van der Waals surface area contributed by atoms with E-state index in [0.29, 0.717) is 11.6 Å². The zero-order valence-electron chi connectivity index (χ0n) is 15.0. The Morgan fingerprint density at radius 3 is 2.65 bits per heavy atom. The number of amides is 1. The molecule has 5 heteroatoms. The standard InChI is InChI=1S/C21H25N3O2/c1-14-12-16-13-15(2-7-20(16)23-14)21(25)24-17-3-5-18(6-4-17)26-19-8-10-22-11-9-19/h2-7,13-14,19,22-23H,8-12H2,1H3,(H,24,25)/t14-/m1/s1. The molecule has 0 radical (unpaired) electrons. The van der Waals surface area contributed by atoms with E-state index in [1.165, 1.54) is 5.56 Å². The zero-order chi connectivity index (χ0) is 17.9. The lowest BCUT2D eigenvalue weighted by atomic mass is 10.1. The third-order valence-corrected chi connectivity index (χ3v) is 5.00. The van der Waals surface area contributed by atoms with Crippen LogP contribution in [-0.2, 0) is 6.42 Å². The summed E-state index contributed by atoms with van der Waals surface area (Å²) in [7, 11) is 0. The van der Waals surface area contributed by atoms with Gasteiger partial charge in [-0.15, -0.1) is 0 Å². The van der Waals surface area contributed by atoms with Crippen molar-refractivity contribution in [3.05, 3.63) is 53.6 Å². The lowest BCUT2D eigenvalue weighted by molar-refractivity contribution is 0.102. The number of nitrogens with one attached hydrogen (secondary N) is 3. The molecule has 1 atom stereocenters. The monoisotopic (exact) mass is 351 g/mol. The maximum Gasteiger partial charge on any atom is 0.255 e. The molecule has 0 saturated carbocycles. The number of carbonyl (C=O) groups excluding carboxylic acids is 1. The first kappa shape index (κ1) is 16.9. The Bertz CT molecular complexity index is 782. The van der Waals surface area contributed by atoms with Gasteiger partial charge in [-0.05, 0) is 87.3 Å². The summed E-state index contributed by atoms with van der Waals surface area (Å²) >= 11 is 0. The fourth-order valence-corrected chi connectivity index (χ4v) is 3.62. The summed E-state index contributed by atoms with van der Waals surface area (Å²) in [6.45, 7) is 4.16. The van der Waals surface area contributed by atoms with Crippen LogP contribution in [0.5, 0.6) is 5.75 Å². The van der Waals surface area contributed by atoms with Gasteiger partial charge in [-0.25, -0.2) is 0 Å². The van der Waals surface area contributed by atoms with Gasteiger partial charge in [0.2, 0.25) is 0 Å². The topological polar surface area (TPSA) is 62.4 Å². The quantitative estimate of drug-likeness (QED) is 0.790. The second-order valence-corrected chi connectivity index (χ2v) is 7.17. The summed E-state index contributed by atoms with van der Waals surface area (Å²) in [5, 5.41) is 9.70. The molecule has 3 N–H and O–H groups in total. The van der Waals surface area contributed by atoms with Gasteiger partial charge < -0.3 is 20.7 Å². The second kappa shape index (κ2) is 7.38. The largest absolute Gasteiger partial charge is 0.490 e. The number of piperidine rings is 1. The van der Waals surface area contributed by atoms with Crippen LogP contribution in [0.15, 0.2) is 42.5 Å². The van der Waals surface area contributed by atoms with Gasteiger partial charge in [0.1, 0.15) is 11.9 Å². The molecule has 136 valence electrons. The van der Waals surface area contributed by atoms with Crippen LogP contribution in [0.1, 0.15) is 35.7 Å². The van der Waals surface area contributed by atoms with Crippen molar-refractivity contribution in [1.82, 2.24) is 5.32 Å². The third-order valence-electron chi connectivity index (χ3n) is 5.00. The van der Waals surface area contributed by atoms with E-state index < -0.39 is 0 Å². The molecule has 4 rings (SSSR count). The highest BCUT2D eigenvalue weighted by Gasteiger charge is 2.18. The molecule has 2 aromatic rings. The van der Waals surface area contributed by atoms with E-state index in [0.717, 1.165) is 49.5 Å². The van der Waals surface area contributed by atoms with Crippen LogP contribution in [-0.4, -0.2) is 31.1 Å². The second-order valence-electron chi connectivity index (χ2n) is 7.17. The molecule has 26 heavy (non-hydrogen) atoms. The molecular weight excluding hydrogens is 326 g/mol. The number of rotatable bonds is 4. The van der Waals surface area contributed by atoms with Gasteiger partial charge in [-0.1, -0.05) is 0 Å². The highest BCUT2D eigenvalue weighted by molar-refractivity contribution is 6.04. The van der Waals surface area contributed by atoms with Crippen LogP contribution in [0, 0.1) is 0 Å². The van der Waals surface area contributed by atoms with E-state index in [9.17, 15) is 4.79 Å². The number of ether oxygens (including phenoxy) is 1. The maximum absolute atomic E-state index is 12.5. The molecule has 2 aliphatic rings. The molecule has 0 unspecified atom stereocenters. The van der Waals surface area contributed by atoms with Crippen LogP contribution in [0.4, 0.5) is 11.4 Å². The first-order valence-electron chi connectivity index (χ1n) is 9.35. The highest BCUT2D eigenvalue weighted by atomic mass is 16.5. The van der Waals surface area contributed by atoms with Gasteiger partial charge >= 0.3 is 0 Å². The number of hydrogen-bond acceptors (Lipinski definition) is 4. The minimum Gasteiger partial charge on any atom is -0.490 e. The Balaban J connectivity index is 1.38. The number of fused-ring (bicyclic) bond motifs is 1. The normalized spacial score (nSPS) is 19.5. The summed E-state index contributed by atoms with van der Waals surface area (Å²) in [4.78, 5) is 12.5. The van der Waals surface area contributed by atoms with Crippen LogP contribution in [0.3, 0.4) is 0 Å². The Labute approximate surface area is 154 Å². The molecule has 1 saturated heterocycles. The van der Waals surface area contributed by atoms with Gasteiger partial charge in [0.05, 0.1) is 0 Å². The van der Waals surface area contributed by atoms with Crippen LogP contribution in [0.2, 0.25) is 0 Å². The highest BCUT2D eigenvalue weighted by Crippen LogP contribution is 2.27. The molecule has 2 aromatic carbocycles. The Morgan fingerprint density at radius 2 is 1.88 bits per heavy atom. The van der Waals surface area contributed by atoms with Crippen molar-refractivity contribution < 1.29 is 9.53 Å². The van der Waals surface area contributed by atoms with E-state index in [4.69, 9.17) is 4.74 Å². The van der Waals surface area contributed by atoms with Gasteiger partial charge in [-0.2, -0.15) is 0 Å². The minimum atomic E-state index is -0.0839. The fraction of sp³-hybridized carbons (Fsp3) is 0.381. The van der Waals surface area contributed by atoms with Gasteiger partial charge in [0.15, 0.2) is 0 Å². The first-order valence-corrected chi connectivity index (χ1v) is 9.35. The molecule has 0 aromatic heterocycles. The molecule has 5 nitrogen and oxygen atoms in total. The summed E-state index contributed by atoms with van der Waals surface area (Å²) in [5.74, 6) is 0.770. The molecule has 2 aliphatic heterocycles. The Kier molecular flexibility index (Phi) is 4.80. The van der Waals surface area contributed by atoms with Crippen molar-refractivity contribution in [3.8, 4) is 5.75 Å². The van der Waals surface area contributed by atoms with Crippen molar-refractivity contribution in [1.29, 1.82) is 0 Å². The number of benzene rings is 2. The summed E-state index contributed by atoms with van der Waals surface area (Å²) in [6.07, 6.45) is 3.30. The average molecular weight is 351 g/mol. The summed E-state index contributed by atoms with van der Waals surface area (Å²) < 4.78 is 6.00. The zero-order valence-corrected chi connectivity index (χ0v) is 15.0. The molecule has 1 fully saturated rings. The van der Waals surface area contributed by atoms with Gasteiger partial charge in [-0.3, -0.25) is 4.79 Å². The summed E-state index contributed by atoms with van der Waals surface area (Å²) in [5.41, 5.74) is 3.80. The number of hydrogen-bond donors (Lipinski definition) is 3. The van der Waals surface area contributed by atoms with Crippen molar-refractivity contribution >= 4 is 17.3 Å². The predicted octanol–water partition coefficient (Wildman–Crippen LogP) is 3.43. The fourth-order valence-electron chi connectivity index (χ4n) is 3.62. The van der Waals surface area contributed by atoms with E-state index in [2.05, 4.69) is 22.9 Å². The Hall–Kier alpha value is -2.53. The molecule has 2 heterocycles. The molecule has 1 amide bonds. The number of anilines is 2. The predicted molar refractivity (Wildman–Crippen MR) is 104 cm³/mol. The van der Waals surface area contributed by atoms with E-state index in [1.807, 2.05) is 42.5 Å². The summed E-state index contributed by atoms with van der Waals surface area (Å²) in [6, 6.07) is 13.9. The van der Waals surface area contributed by atoms with Crippen LogP contribution >= 0.6 is 0 Å². The van der Waals surface area contributed by atoms with Gasteiger partial charge in [0.25, 0.3) is 5.91 Å². The van der Waals surface area contributed by atoms with Crippen molar-refractivity contribution in [2.75, 3.05) is 23.7 Å². The Morgan fingerprint density at radius 1 is 1.12 bits per heavy atom. The average Bonchev–Trinajstić information content (AvgIpc) is 3.03. The van der Waals surface area contributed by atoms with E-state index in [1.54, 1.807) is 0 Å². The van der Waals surface area contributed by atoms with Crippen LogP contribution < -0.4 is 20.7 Å². The number of carbonyl (C=O) groups is 1. The lowest BCUT2D eigenvalue weighted by Crippen LogP contribution is -2.34. The van der Waals surface area contributed by atoms with Crippen molar-refractivity contribution in [3.63, 3.8) is 0 Å². The first-order chi connectivity index (χ1) is 12.7. The molecule has 0 bridgehead atoms. The molecule has 0 aliphatic carbocycles. The smallest absolute Gasteiger partial charge is 0.255 e. The van der Waals surface area contributed by atoms with Crippen LogP contribution in [0.25, 0.3) is 0 Å². The SMILES string of the molecule is C[C@@H]1Cc2cc(C(=O)Nc3ccc(OC4CCNCC4)cc3)ccc2N1. The minimum absolute atomic E-state index is 0.0839. The molecular formula is C21H25N3O2. The molecule has 0 spiro atoms. The third kappa shape index (κ3) is 3.83. The van der Waals surface area contributed by atoms with Crippen molar-refractivity contribution in [2.45, 2.75) is 38.3 Å².